The monoisotopic (exact) mass is 310 g/mol. The molecule has 2 rings (SSSR count). The summed E-state index contributed by atoms with van der Waals surface area (Å²) in [6.07, 6.45) is 5.72. The van der Waals surface area contributed by atoms with Gasteiger partial charge in [-0.3, -0.25) is 4.79 Å². The standard InChI is InChI=1S/C15H19BrO2/c1-2-18-12-8-9-13(14(16)10-12)15(17)11-6-4-3-5-7-11/h8-11H,2-7H2,1H3. The molecule has 0 spiro atoms. The molecule has 18 heavy (non-hydrogen) atoms. The Kier molecular flexibility index (Phi) is 4.81. The SMILES string of the molecule is CCOc1ccc(C(=O)C2CCCCC2)c(Br)c1. The summed E-state index contributed by atoms with van der Waals surface area (Å²) < 4.78 is 6.28. The first kappa shape index (κ1) is 13.6. The van der Waals surface area contributed by atoms with Crippen molar-refractivity contribution in [1.82, 2.24) is 0 Å². The quantitative estimate of drug-likeness (QED) is 0.759. The molecule has 1 saturated carbocycles. The van der Waals surface area contributed by atoms with Crippen LogP contribution in [0.25, 0.3) is 0 Å². The van der Waals surface area contributed by atoms with Crippen LogP contribution in [-0.2, 0) is 0 Å². The Morgan fingerprint density at radius 1 is 1.33 bits per heavy atom. The molecule has 1 aliphatic carbocycles. The molecule has 3 heteroatoms. The molecule has 0 amide bonds. The lowest BCUT2D eigenvalue weighted by molar-refractivity contribution is 0.0888. The third-order valence-corrected chi connectivity index (χ3v) is 4.15. The number of carbonyl (C=O) groups is 1. The maximum Gasteiger partial charge on any atom is 0.167 e. The Bertz CT molecular complexity index is 423. The van der Waals surface area contributed by atoms with Crippen LogP contribution in [0.4, 0.5) is 0 Å². The van der Waals surface area contributed by atoms with E-state index in [0.717, 1.165) is 28.6 Å². The van der Waals surface area contributed by atoms with Crippen LogP contribution in [0, 0.1) is 5.92 Å². The molecule has 0 unspecified atom stereocenters. The summed E-state index contributed by atoms with van der Waals surface area (Å²) in [5.41, 5.74) is 0.797. The van der Waals surface area contributed by atoms with E-state index in [1.807, 2.05) is 25.1 Å². The molecule has 1 aromatic rings. The zero-order valence-corrected chi connectivity index (χ0v) is 12.3. The fourth-order valence-electron chi connectivity index (χ4n) is 2.54. The molecule has 1 aromatic carbocycles. The van der Waals surface area contributed by atoms with Gasteiger partial charge in [0.1, 0.15) is 5.75 Å². The third-order valence-electron chi connectivity index (χ3n) is 3.49. The first-order valence-corrected chi connectivity index (χ1v) is 7.48. The van der Waals surface area contributed by atoms with E-state index >= 15 is 0 Å². The van der Waals surface area contributed by atoms with Crippen molar-refractivity contribution in [2.45, 2.75) is 39.0 Å². The van der Waals surface area contributed by atoms with E-state index in [4.69, 9.17) is 4.74 Å². The average Bonchev–Trinajstić information content (AvgIpc) is 2.40. The van der Waals surface area contributed by atoms with Crippen LogP contribution in [0.3, 0.4) is 0 Å². The van der Waals surface area contributed by atoms with Gasteiger partial charge in [0.25, 0.3) is 0 Å². The van der Waals surface area contributed by atoms with Gasteiger partial charge in [-0.2, -0.15) is 0 Å². The lowest BCUT2D eigenvalue weighted by atomic mass is 9.84. The highest BCUT2D eigenvalue weighted by atomic mass is 79.9. The van der Waals surface area contributed by atoms with Crippen molar-refractivity contribution in [2.24, 2.45) is 5.92 Å². The molecule has 0 aliphatic heterocycles. The van der Waals surface area contributed by atoms with E-state index in [1.165, 1.54) is 19.3 Å². The summed E-state index contributed by atoms with van der Waals surface area (Å²) in [6, 6.07) is 5.65. The number of rotatable bonds is 4. The second-order valence-corrected chi connectivity index (χ2v) is 5.63. The Balaban J connectivity index is 2.14. The Hall–Kier alpha value is -0.830. The maximum atomic E-state index is 12.4. The van der Waals surface area contributed by atoms with E-state index < -0.39 is 0 Å². The van der Waals surface area contributed by atoms with Crippen LogP contribution >= 0.6 is 15.9 Å². The van der Waals surface area contributed by atoms with Crippen molar-refractivity contribution >= 4 is 21.7 Å². The van der Waals surface area contributed by atoms with Gasteiger partial charge >= 0.3 is 0 Å². The van der Waals surface area contributed by atoms with Gasteiger partial charge in [0.15, 0.2) is 5.78 Å². The van der Waals surface area contributed by atoms with Crippen LogP contribution < -0.4 is 4.74 Å². The minimum Gasteiger partial charge on any atom is -0.494 e. The van der Waals surface area contributed by atoms with Gasteiger partial charge in [0, 0.05) is 16.0 Å². The van der Waals surface area contributed by atoms with Gasteiger partial charge in [-0.05, 0) is 53.9 Å². The number of benzene rings is 1. The lowest BCUT2D eigenvalue weighted by Crippen LogP contribution is -2.18. The van der Waals surface area contributed by atoms with Gasteiger partial charge in [-0.25, -0.2) is 0 Å². The summed E-state index contributed by atoms with van der Waals surface area (Å²) in [5.74, 6) is 1.31. The summed E-state index contributed by atoms with van der Waals surface area (Å²) in [7, 11) is 0. The second-order valence-electron chi connectivity index (χ2n) is 4.77. The molecule has 0 radical (unpaired) electrons. The fourth-order valence-corrected chi connectivity index (χ4v) is 3.09. The van der Waals surface area contributed by atoms with E-state index in [9.17, 15) is 4.79 Å². The van der Waals surface area contributed by atoms with Gasteiger partial charge in [0.2, 0.25) is 0 Å². The van der Waals surface area contributed by atoms with Crippen molar-refractivity contribution in [3.63, 3.8) is 0 Å². The molecule has 0 atom stereocenters. The lowest BCUT2D eigenvalue weighted by Gasteiger charge is -2.21. The van der Waals surface area contributed by atoms with Crippen LogP contribution in [-0.4, -0.2) is 12.4 Å². The van der Waals surface area contributed by atoms with Crippen LogP contribution in [0.5, 0.6) is 5.75 Å². The fraction of sp³-hybridized carbons (Fsp3) is 0.533. The predicted octanol–water partition coefficient (Wildman–Crippen LogP) is 4.61. The van der Waals surface area contributed by atoms with E-state index in [2.05, 4.69) is 15.9 Å². The second kappa shape index (κ2) is 6.37. The molecule has 0 N–H and O–H groups in total. The number of ether oxygens (including phenoxy) is 1. The number of hydrogen-bond donors (Lipinski definition) is 0. The molecule has 0 saturated heterocycles. The van der Waals surface area contributed by atoms with E-state index in [1.54, 1.807) is 0 Å². The molecular formula is C15H19BrO2. The van der Waals surface area contributed by atoms with E-state index in [-0.39, 0.29) is 11.7 Å². The van der Waals surface area contributed by atoms with Crippen LogP contribution in [0.1, 0.15) is 49.4 Å². The first-order chi connectivity index (χ1) is 8.72. The summed E-state index contributed by atoms with van der Waals surface area (Å²) >= 11 is 3.48. The molecule has 98 valence electrons. The molecule has 0 heterocycles. The van der Waals surface area contributed by atoms with Gasteiger partial charge in [-0.1, -0.05) is 19.3 Å². The maximum absolute atomic E-state index is 12.4. The molecule has 0 aromatic heterocycles. The van der Waals surface area contributed by atoms with Gasteiger partial charge < -0.3 is 4.74 Å². The minimum atomic E-state index is 0.216. The number of halogens is 1. The van der Waals surface area contributed by atoms with Crippen molar-refractivity contribution in [2.75, 3.05) is 6.61 Å². The summed E-state index contributed by atoms with van der Waals surface area (Å²) in [6.45, 7) is 2.59. The molecule has 2 nitrogen and oxygen atoms in total. The third kappa shape index (κ3) is 3.14. The molecule has 0 bridgehead atoms. The Morgan fingerprint density at radius 3 is 2.67 bits per heavy atom. The number of carbonyl (C=O) groups excluding carboxylic acids is 1. The van der Waals surface area contributed by atoms with Crippen LogP contribution in [0.15, 0.2) is 22.7 Å². The summed E-state index contributed by atoms with van der Waals surface area (Å²) in [4.78, 5) is 12.4. The average molecular weight is 311 g/mol. The van der Waals surface area contributed by atoms with Gasteiger partial charge in [-0.15, -0.1) is 0 Å². The van der Waals surface area contributed by atoms with Crippen molar-refractivity contribution < 1.29 is 9.53 Å². The molecule has 1 fully saturated rings. The molecular weight excluding hydrogens is 292 g/mol. The number of ketones is 1. The molecule has 1 aliphatic rings. The zero-order chi connectivity index (χ0) is 13.0. The predicted molar refractivity (Wildman–Crippen MR) is 76.2 cm³/mol. The van der Waals surface area contributed by atoms with E-state index in [0.29, 0.717) is 6.61 Å². The minimum absolute atomic E-state index is 0.216. The topological polar surface area (TPSA) is 26.3 Å². The highest BCUT2D eigenvalue weighted by Gasteiger charge is 2.23. The highest BCUT2D eigenvalue weighted by molar-refractivity contribution is 9.10. The smallest absolute Gasteiger partial charge is 0.167 e. The Morgan fingerprint density at radius 2 is 2.06 bits per heavy atom. The van der Waals surface area contributed by atoms with Crippen molar-refractivity contribution in [1.29, 1.82) is 0 Å². The summed E-state index contributed by atoms with van der Waals surface area (Å²) in [5, 5.41) is 0. The number of Topliss-reactive ketones (excluding diaryl/α,β-unsaturated/α-hetero) is 1. The van der Waals surface area contributed by atoms with Crippen molar-refractivity contribution in [3.05, 3.63) is 28.2 Å². The first-order valence-electron chi connectivity index (χ1n) is 6.69. The van der Waals surface area contributed by atoms with Crippen molar-refractivity contribution in [3.8, 4) is 5.75 Å². The Labute approximate surface area is 117 Å². The normalized spacial score (nSPS) is 16.6. The van der Waals surface area contributed by atoms with Gasteiger partial charge in [0.05, 0.1) is 6.61 Å². The largest absolute Gasteiger partial charge is 0.494 e. The zero-order valence-electron chi connectivity index (χ0n) is 10.7. The van der Waals surface area contributed by atoms with Crippen LogP contribution in [0.2, 0.25) is 0 Å². The highest BCUT2D eigenvalue weighted by Crippen LogP contribution is 2.31. The number of hydrogen-bond acceptors (Lipinski definition) is 2.